The van der Waals surface area contributed by atoms with Gasteiger partial charge >= 0.3 is 8.60 Å². The zero-order valence-corrected chi connectivity index (χ0v) is 5.71. The van der Waals surface area contributed by atoms with E-state index >= 15 is 0 Å². The molecule has 0 heterocycles. The maximum atomic E-state index is 10.1. The van der Waals surface area contributed by atoms with Crippen molar-refractivity contribution in [1.82, 2.24) is 0 Å². The Morgan fingerprint density at radius 2 is 2.22 bits per heavy atom. The van der Waals surface area contributed by atoms with E-state index in [-0.39, 0.29) is 0 Å². The molecule has 4 N–H and O–H groups in total. The summed E-state index contributed by atoms with van der Waals surface area (Å²) in [6.45, 7) is 1.34. The van der Waals surface area contributed by atoms with Crippen LogP contribution in [0.15, 0.2) is 0 Å². The summed E-state index contributed by atoms with van der Waals surface area (Å²) in [7, 11) is -2.47. The Hall–Kier alpha value is -0.220. The molecule has 0 spiro atoms. The van der Waals surface area contributed by atoms with Crippen LogP contribution in [-0.2, 0) is 9.32 Å². The first kappa shape index (κ1) is 8.78. The van der Waals surface area contributed by atoms with E-state index in [2.05, 4.69) is 4.52 Å². The van der Waals surface area contributed by atoms with Crippen molar-refractivity contribution in [1.29, 1.82) is 0 Å². The molecule has 0 aliphatic rings. The summed E-state index contributed by atoms with van der Waals surface area (Å²) in [6, 6.07) is 0. The van der Waals surface area contributed by atoms with Gasteiger partial charge in [-0.05, 0) is 6.92 Å². The third kappa shape index (κ3) is 4.29. The SMILES string of the molecule is CC(OP(O)O)C(N)=O. The fourth-order valence-electron chi connectivity index (χ4n) is 0.193. The number of amides is 1. The van der Waals surface area contributed by atoms with Crippen LogP contribution >= 0.6 is 8.60 Å². The number of hydrogen-bond donors (Lipinski definition) is 3. The van der Waals surface area contributed by atoms with Crippen molar-refractivity contribution in [2.75, 3.05) is 0 Å². The van der Waals surface area contributed by atoms with Gasteiger partial charge in [0.2, 0.25) is 5.91 Å². The van der Waals surface area contributed by atoms with Gasteiger partial charge in [-0.25, -0.2) is 0 Å². The van der Waals surface area contributed by atoms with Crippen LogP contribution in [0.2, 0.25) is 0 Å². The van der Waals surface area contributed by atoms with E-state index in [9.17, 15) is 4.79 Å². The molecular weight excluding hydrogens is 145 g/mol. The largest absolute Gasteiger partial charge is 0.367 e. The predicted octanol–water partition coefficient (Wildman–Crippen LogP) is -0.912. The molecule has 0 aromatic heterocycles. The van der Waals surface area contributed by atoms with Crippen molar-refractivity contribution in [2.24, 2.45) is 5.73 Å². The molecule has 0 bridgehead atoms. The lowest BCUT2D eigenvalue weighted by atomic mass is 10.4. The maximum Gasteiger partial charge on any atom is 0.327 e. The van der Waals surface area contributed by atoms with Crippen LogP contribution in [0.1, 0.15) is 6.92 Å². The van der Waals surface area contributed by atoms with E-state index in [4.69, 9.17) is 15.5 Å². The first-order valence-corrected chi connectivity index (χ1v) is 3.34. The van der Waals surface area contributed by atoms with Crippen LogP contribution in [0.25, 0.3) is 0 Å². The average Bonchev–Trinajstić information content (AvgIpc) is 1.63. The molecule has 0 fully saturated rings. The van der Waals surface area contributed by atoms with Gasteiger partial charge in [0.25, 0.3) is 0 Å². The highest BCUT2D eigenvalue weighted by Gasteiger charge is 2.12. The Morgan fingerprint density at radius 1 is 1.78 bits per heavy atom. The highest BCUT2D eigenvalue weighted by Crippen LogP contribution is 2.26. The molecule has 0 saturated carbocycles. The standard InChI is InChI=1S/C3H8NO4P/c1-2(3(4)5)8-9(6)7/h2,6-7H,1H3,(H2,4,5). The fraction of sp³-hybridized carbons (Fsp3) is 0.667. The molecule has 0 rings (SSSR count). The van der Waals surface area contributed by atoms with Crippen LogP contribution < -0.4 is 5.73 Å². The van der Waals surface area contributed by atoms with Gasteiger partial charge in [-0.2, -0.15) is 0 Å². The Kier molecular flexibility index (Phi) is 3.65. The minimum atomic E-state index is -2.47. The van der Waals surface area contributed by atoms with Gasteiger partial charge in [-0.15, -0.1) is 0 Å². The Bertz CT molecular complexity index is 106. The van der Waals surface area contributed by atoms with E-state index in [1.807, 2.05) is 0 Å². The van der Waals surface area contributed by atoms with Gasteiger partial charge in [0, 0.05) is 0 Å². The molecule has 6 heteroatoms. The number of nitrogens with two attached hydrogens (primary N) is 1. The van der Waals surface area contributed by atoms with Crippen molar-refractivity contribution in [3.8, 4) is 0 Å². The van der Waals surface area contributed by atoms with Gasteiger partial charge in [-0.1, -0.05) is 0 Å². The third-order valence-electron chi connectivity index (χ3n) is 0.653. The van der Waals surface area contributed by atoms with Gasteiger partial charge < -0.3 is 15.5 Å². The summed E-state index contributed by atoms with van der Waals surface area (Å²) in [5.41, 5.74) is 4.71. The first-order valence-electron chi connectivity index (χ1n) is 2.18. The van der Waals surface area contributed by atoms with Crippen molar-refractivity contribution < 1.29 is 19.1 Å². The van der Waals surface area contributed by atoms with E-state index in [0.29, 0.717) is 0 Å². The molecule has 0 aromatic rings. The molecule has 5 nitrogen and oxygen atoms in total. The number of carbonyl (C=O) groups is 1. The Balaban J connectivity index is 3.50. The second-order valence-corrected chi connectivity index (χ2v) is 2.12. The third-order valence-corrected chi connectivity index (χ3v) is 1.16. The highest BCUT2D eigenvalue weighted by molar-refractivity contribution is 7.39. The predicted molar refractivity (Wildman–Crippen MR) is 31.1 cm³/mol. The van der Waals surface area contributed by atoms with Crippen LogP contribution in [0.3, 0.4) is 0 Å². The first-order chi connectivity index (χ1) is 4.04. The minimum absolute atomic E-state index is 0.717. The van der Waals surface area contributed by atoms with Crippen LogP contribution in [0.4, 0.5) is 0 Å². The quantitative estimate of drug-likeness (QED) is 0.457. The Morgan fingerprint density at radius 3 is 2.33 bits per heavy atom. The molecule has 9 heavy (non-hydrogen) atoms. The molecule has 54 valence electrons. The fourth-order valence-corrected chi connectivity index (χ4v) is 0.580. The number of primary amides is 1. The van der Waals surface area contributed by atoms with Crippen LogP contribution in [0.5, 0.6) is 0 Å². The van der Waals surface area contributed by atoms with E-state index < -0.39 is 20.6 Å². The summed E-state index contributed by atoms with van der Waals surface area (Å²) in [5.74, 6) is -0.717. The monoisotopic (exact) mass is 153 g/mol. The second kappa shape index (κ2) is 3.74. The summed E-state index contributed by atoms with van der Waals surface area (Å²) in [6.07, 6.45) is -0.939. The maximum absolute atomic E-state index is 10.1. The zero-order valence-electron chi connectivity index (χ0n) is 4.81. The summed E-state index contributed by atoms with van der Waals surface area (Å²) in [4.78, 5) is 26.4. The van der Waals surface area contributed by atoms with Gasteiger partial charge in [0.05, 0.1) is 0 Å². The lowest BCUT2D eigenvalue weighted by Crippen LogP contribution is -2.26. The smallest absolute Gasteiger partial charge is 0.327 e. The van der Waals surface area contributed by atoms with Crippen molar-refractivity contribution in [2.45, 2.75) is 13.0 Å². The van der Waals surface area contributed by atoms with Crippen molar-refractivity contribution in [3.05, 3.63) is 0 Å². The number of carbonyl (C=O) groups excluding carboxylic acids is 1. The minimum Gasteiger partial charge on any atom is -0.367 e. The van der Waals surface area contributed by atoms with Crippen LogP contribution in [-0.4, -0.2) is 21.8 Å². The molecule has 0 saturated heterocycles. The highest BCUT2D eigenvalue weighted by atomic mass is 31.2. The molecular formula is C3H8NO4P. The zero-order chi connectivity index (χ0) is 7.44. The van der Waals surface area contributed by atoms with E-state index in [1.165, 1.54) is 6.92 Å². The van der Waals surface area contributed by atoms with Gasteiger partial charge in [0.1, 0.15) is 6.10 Å². The molecule has 0 aromatic carbocycles. The Labute approximate surface area is 53.4 Å². The molecule has 1 unspecified atom stereocenters. The normalized spacial score (nSPS) is 13.8. The average molecular weight is 153 g/mol. The lowest BCUT2D eigenvalue weighted by molar-refractivity contribution is -0.124. The van der Waals surface area contributed by atoms with Crippen LogP contribution in [0, 0.1) is 0 Å². The molecule has 0 radical (unpaired) electrons. The summed E-state index contributed by atoms with van der Waals surface area (Å²) < 4.78 is 4.21. The summed E-state index contributed by atoms with van der Waals surface area (Å²) in [5, 5.41) is 0. The number of rotatable bonds is 3. The van der Waals surface area contributed by atoms with E-state index in [0.717, 1.165) is 0 Å². The summed E-state index contributed by atoms with van der Waals surface area (Å²) >= 11 is 0. The van der Waals surface area contributed by atoms with E-state index in [1.54, 1.807) is 0 Å². The number of hydrogen-bond acceptors (Lipinski definition) is 4. The molecule has 0 aliphatic heterocycles. The van der Waals surface area contributed by atoms with Gasteiger partial charge in [-0.3, -0.25) is 9.32 Å². The lowest BCUT2D eigenvalue weighted by Gasteiger charge is -2.07. The molecule has 1 atom stereocenters. The van der Waals surface area contributed by atoms with Crippen molar-refractivity contribution in [3.63, 3.8) is 0 Å². The molecule has 1 amide bonds. The second-order valence-electron chi connectivity index (χ2n) is 1.40. The van der Waals surface area contributed by atoms with Crippen molar-refractivity contribution >= 4 is 14.5 Å². The molecule has 0 aliphatic carbocycles. The van der Waals surface area contributed by atoms with Gasteiger partial charge in [0.15, 0.2) is 0 Å². The topological polar surface area (TPSA) is 92.8 Å².